The lowest BCUT2D eigenvalue weighted by Gasteiger charge is -2.12. The number of anilines is 1. The van der Waals surface area contributed by atoms with E-state index in [2.05, 4.69) is 46.0 Å². The first-order chi connectivity index (χ1) is 6.33. The minimum atomic E-state index is 0.281. The summed E-state index contributed by atoms with van der Waals surface area (Å²) in [6, 6.07) is 8.36. The maximum absolute atomic E-state index is 3.78. The Hall–Kier alpha value is -0.760. The molecule has 67 valence electrons. The molecule has 0 saturated heterocycles. The third kappa shape index (κ3) is 1.51. The van der Waals surface area contributed by atoms with Crippen LogP contribution < -0.4 is 5.32 Å². The van der Waals surface area contributed by atoms with E-state index >= 15 is 0 Å². The van der Waals surface area contributed by atoms with Gasteiger partial charge in [0.15, 0.2) is 0 Å². The average molecular weight is 237 g/mol. The van der Waals surface area contributed by atoms with Crippen molar-refractivity contribution in [2.24, 2.45) is 0 Å². The van der Waals surface area contributed by atoms with Gasteiger partial charge in [-0.1, -0.05) is 40.2 Å². The summed E-state index contributed by atoms with van der Waals surface area (Å²) in [5.41, 5.74) is 2.54. The van der Waals surface area contributed by atoms with Gasteiger partial charge in [0.25, 0.3) is 0 Å². The molecular formula is C11H11BrN. The van der Waals surface area contributed by atoms with Gasteiger partial charge in [-0.15, -0.1) is 6.58 Å². The Balaban J connectivity index is 2.33. The molecular weight excluding hydrogens is 226 g/mol. The van der Waals surface area contributed by atoms with Crippen molar-refractivity contribution >= 4 is 21.6 Å². The van der Waals surface area contributed by atoms with Gasteiger partial charge < -0.3 is 5.32 Å². The number of rotatable bonds is 2. The number of hydrogen-bond acceptors (Lipinski definition) is 1. The number of hydrogen-bond donors (Lipinski definition) is 1. The fourth-order valence-electron chi connectivity index (χ4n) is 1.59. The molecule has 1 aliphatic rings. The van der Waals surface area contributed by atoms with Gasteiger partial charge in [-0.05, 0) is 11.6 Å². The van der Waals surface area contributed by atoms with Crippen LogP contribution in [-0.2, 0) is 0 Å². The Kier molecular flexibility index (Phi) is 2.40. The Bertz CT molecular complexity index is 322. The third-order valence-corrected chi connectivity index (χ3v) is 3.21. The van der Waals surface area contributed by atoms with Crippen molar-refractivity contribution in [3.8, 4) is 0 Å². The average Bonchev–Trinajstić information content (AvgIpc) is 2.60. The maximum Gasteiger partial charge on any atom is 0.0447 e. The largest absolute Gasteiger partial charge is 0.384 e. The van der Waals surface area contributed by atoms with Crippen LogP contribution in [0.4, 0.5) is 5.69 Å². The second kappa shape index (κ2) is 3.54. The molecule has 2 rings (SSSR count). The van der Waals surface area contributed by atoms with Crippen LogP contribution in [0.3, 0.4) is 0 Å². The Labute approximate surface area is 87.0 Å². The zero-order valence-electron chi connectivity index (χ0n) is 7.26. The molecule has 1 aromatic rings. The van der Waals surface area contributed by atoms with Crippen LogP contribution in [0.2, 0.25) is 0 Å². The number of alkyl halides is 1. The van der Waals surface area contributed by atoms with Gasteiger partial charge in [0, 0.05) is 23.0 Å². The Morgan fingerprint density at radius 1 is 1.46 bits per heavy atom. The predicted molar refractivity (Wildman–Crippen MR) is 60.2 cm³/mol. The van der Waals surface area contributed by atoms with Gasteiger partial charge in [0.1, 0.15) is 0 Å². The number of para-hydroxylation sites is 1. The standard InChI is InChI=1S/C11H11BrN/c1-2-10(12)9-7-13-11-6-4-3-5-8(9)11/h2-6,10,13H,1,7H2. The molecule has 2 heteroatoms. The van der Waals surface area contributed by atoms with Crippen LogP contribution in [0.1, 0.15) is 5.56 Å². The highest BCUT2D eigenvalue weighted by atomic mass is 79.9. The van der Waals surface area contributed by atoms with Gasteiger partial charge in [-0.3, -0.25) is 0 Å². The molecule has 1 aliphatic heterocycles. The zero-order chi connectivity index (χ0) is 9.26. The van der Waals surface area contributed by atoms with Crippen LogP contribution in [0.25, 0.3) is 0 Å². The number of nitrogens with one attached hydrogen (secondary N) is 1. The van der Waals surface area contributed by atoms with Crippen LogP contribution in [0.5, 0.6) is 0 Å². The van der Waals surface area contributed by atoms with Crippen molar-refractivity contribution in [1.82, 2.24) is 0 Å². The number of halogens is 1. The van der Waals surface area contributed by atoms with E-state index in [0.29, 0.717) is 0 Å². The fraction of sp³-hybridized carbons (Fsp3) is 0.182. The van der Waals surface area contributed by atoms with Gasteiger partial charge in [-0.2, -0.15) is 0 Å². The van der Waals surface area contributed by atoms with E-state index < -0.39 is 0 Å². The second-order valence-corrected chi connectivity index (χ2v) is 4.05. The lowest BCUT2D eigenvalue weighted by atomic mass is 9.98. The molecule has 0 amide bonds. The van der Waals surface area contributed by atoms with Crippen molar-refractivity contribution in [3.63, 3.8) is 0 Å². The Morgan fingerprint density at radius 2 is 2.23 bits per heavy atom. The first-order valence-electron chi connectivity index (χ1n) is 4.28. The fourth-order valence-corrected chi connectivity index (χ4v) is 2.00. The topological polar surface area (TPSA) is 12.0 Å². The monoisotopic (exact) mass is 236 g/mol. The van der Waals surface area contributed by atoms with E-state index in [1.807, 2.05) is 12.1 Å². The summed E-state index contributed by atoms with van der Waals surface area (Å²) in [4.78, 5) is 0.281. The number of fused-ring (bicyclic) bond motifs is 1. The van der Waals surface area contributed by atoms with E-state index in [4.69, 9.17) is 0 Å². The second-order valence-electron chi connectivity index (χ2n) is 3.06. The summed E-state index contributed by atoms with van der Waals surface area (Å²) in [5, 5.41) is 3.35. The van der Waals surface area contributed by atoms with Crippen LogP contribution in [0, 0.1) is 5.92 Å². The van der Waals surface area contributed by atoms with Gasteiger partial charge in [0.2, 0.25) is 0 Å². The highest BCUT2D eigenvalue weighted by molar-refractivity contribution is 9.09. The summed E-state index contributed by atoms with van der Waals surface area (Å²) in [6.45, 7) is 4.70. The minimum absolute atomic E-state index is 0.281. The normalized spacial score (nSPS) is 17.6. The highest BCUT2D eigenvalue weighted by Crippen LogP contribution is 2.35. The summed E-state index contributed by atoms with van der Waals surface area (Å²) in [5.74, 6) is 1.37. The third-order valence-electron chi connectivity index (χ3n) is 2.28. The van der Waals surface area contributed by atoms with E-state index in [1.54, 1.807) is 0 Å². The van der Waals surface area contributed by atoms with Crippen LogP contribution in [0.15, 0.2) is 36.9 Å². The lowest BCUT2D eigenvalue weighted by molar-refractivity contribution is 1.04. The minimum Gasteiger partial charge on any atom is -0.384 e. The maximum atomic E-state index is 3.78. The molecule has 0 aromatic heterocycles. The Morgan fingerprint density at radius 3 is 3.00 bits per heavy atom. The van der Waals surface area contributed by atoms with Crippen molar-refractivity contribution in [2.75, 3.05) is 11.9 Å². The molecule has 1 atom stereocenters. The van der Waals surface area contributed by atoms with Crippen molar-refractivity contribution in [3.05, 3.63) is 48.4 Å². The molecule has 1 unspecified atom stereocenters. The summed E-state index contributed by atoms with van der Waals surface area (Å²) in [7, 11) is 0. The van der Waals surface area contributed by atoms with Gasteiger partial charge in [-0.25, -0.2) is 0 Å². The van der Waals surface area contributed by atoms with Crippen LogP contribution in [-0.4, -0.2) is 11.4 Å². The predicted octanol–water partition coefficient (Wildman–Crippen LogP) is 2.98. The molecule has 0 aliphatic carbocycles. The lowest BCUT2D eigenvalue weighted by Crippen LogP contribution is -2.12. The molecule has 13 heavy (non-hydrogen) atoms. The molecule has 0 spiro atoms. The SMILES string of the molecule is C=CC(Br)[C]1CNc2ccccc21. The zero-order valence-corrected chi connectivity index (χ0v) is 8.84. The molecule has 0 bridgehead atoms. The van der Waals surface area contributed by atoms with E-state index in [0.717, 1.165) is 6.54 Å². The van der Waals surface area contributed by atoms with Gasteiger partial charge in [0.05, 0.1) is 0 Å². The van der Waals surface area contributed by atoms with Gasteiger partial charge >= 0.3 is 0 Å². The molecule has 1 nitrogen and oxygen atoms in total. The smallest absolute Gasteiger partial charge is 0.0447 e. The first-order valence-corrected chi connectivity index (χ1v) is 5.20. The van der Waals surface area contributed by atoms with Crippen molar-refractivity contribution in [2.45, 2.75) is 4.83 Å². The summed E-state index contributed by atoms with van der Waals surface area (Å²) >= 11 is 3.58. The molecule has 1 radical (unpaired) electrons. The van der Waals surface area contributed by atoms with E-state index in [1.165, 1.54) is 17.2 Å². The quantitative estimate of drug-likeness (QED) is 0.615. The van der Waals surface area contributed by atoms with E-state index in [9.17, 15) is 0 Å². The van der Waals surface area contributed by atoms with E-state index in [-0.39, 0.29) is 4.83 Å². The number of allylic oxidation sites excluding steroid dienone is 1. The highest BCUT2D eigenvalue weighted by Gasteiger charge is 2.26. The molecule has 0 fully saturated rings. The molecule has 1 N–H and O–H groups in total. The molecule has 1 heterocycles. The molecule has 0 saturated carbocycles. The number of benzene rings is 1. The van der Waals surface area contributed by atoms with Crippen molar-refractivity contribution < 1.29 is 0 Å². The molecule has 1 aromatic carbocycles. The van der Waals surface area contributed by atoms with Crippen molar-refractivity contribution in [1.29, 1.82) is 0 Å². The van der Waals surface area contributed by atoms with Crippen LogP contribution >= 0.6 is 15.9 Å². The first kappa shape index (κ1) is 8.82. The summed E-state index contributed by atoms with van der Waals surface area (Å²) in [6.07, 6.45) is 1.92. The summed E-state index contributed by atoms with van der Waals surface area (Å²) < 4.78 is 0.